The van der Waals surface area contributed by atoms with Gasteiger partial charge in [0.05, 0.1) is 6.61 Å². The Bertz CT molecular complexity index is 557. The normalized spacial score (nSPS) is 19.8. The first-order valence-corrected chi connectivity index (χ1v) is 9.30. The van der Waals surface area contributed by atoms with Crippen LogP contribution in [0, 0.1) is 0 Å². The van der Waals surface area contributed by atoms with Crippen LogP contribution in [0.2, 0.25) is 0 Å². The second-order valence-corrected chi connectivity index (χ2v) is 7.76. The highest BCUT2D eigenvalue weighted by molar-refractivity contribution is 7.91. The molecule has 1 saturated heterocycles. The van der Waals surface area contributed by atoms with Gasteiger partial charge < -0.3 is 10.1 Å². The summed E-state index contributed by atoms with van der Waals surface area (Å²) in [5.74, 6) is -0.243. The topological polar surface area (TPSA) is 75.7 Å². The number of ether oxygens (including phenoxy) is 1. The van der Waals surface area contributed by atoms with Crippen molar-refractivity contribution >= 4 is 27.3 Å². The zero-order valence-electron chi connectivity index (χ0n) is 11.9. The lowest BCUT2D eigenvalue weighted by atomic mass is 10.2. The van der Waals surface area contributed by atoms with Gasteiger partial charge in [0.15, 0.2) is 0 Å². The first-order valence-electron chi connectivity index (χ1n) is 6.98. The zero-order chi connectivity index (χ0) is 15.3. The van der Waals surface area contributed by atoms with Gasteiger partial charge in [-0.3, -0.25) is 4.79 Å². The Labute approximate surface area is 129 Å². The number of nitrogens with one attached hydrogen (secondary N) is 1. The highest BCUT2D eigenvalue weighted by Crippen LogP contribution is 2.28. The largest absolute Gasteiger partial charge is 0.380 e. The molecule has 0 aromatic carbocycles. The van der Waals surface area contributed by atoms with Gasteiger partial charge in [-0.25, -0.2) is 8.42 Å². The number of nitrogens with zero attached hydrogens (tertiary/aromatic N) is 1. The molecule has 1 fully saturated rings. The van der Waals surface area contributed by atoms with Crippen LogP contribution in [-0.2, 0) is 19.6 Å². The Balaban J connectivity index is 2.02. The van der Waals surface area contributed by atoms with Crippen molar-refractivity contribution in [3.05, 3.63) is 17.5 Å². The molecule has 1 N–H and O–H groups in total. The molecule has 1 aliphatic rings. The van der Waals surface area contributed by atoms with E-state index in [1.807, 2.05) is 6.92 Å². The average molecular weight is 332 g/mol. The lowest BCUT2D eigenvalue weighted by Crippen LogP contribution is -2.46. The molecule has 0 saturated carbocycles. The van der Waals surface area contributed by atoms with Gasteiger partial charge in [-0.15, -0.1) is 11.3 Å². The number of rotatable bonds is 7. The van der Waals surface area contributed by atoms with Crippen molar-refractivity contribution in [2.24, 2.45) is 0 Å². The third kappa shape index (κ3) is 3.82. The fourth-order valence-corrected chi connectivity index (χ4v) is 5.10. The van der Waals surface area contributed by atoms with Gasteiger partial charge in [0, 0.05) is 19.7 Å². The average Bonchev–Trinajstić information content (AvgIpc) is 3.13. The highest BCUT2D eigenvalue weighted by Gasteiger charge is 2.39. The van der Waals surface area contributed by atoms with Crippen LogP contribution in [0.1, 0.15) is 19.8 Å². The minimum Gasteiger partial charge on any atom is -0.380 e. The van der Waals surface area contributed by atoms with Gasteiger partial charge in [-0.2, -0.15) is 4.31 Å². The van der Waals surface area contributed by atoms with Gasteiger partial charge in [0.2, 0.25) is 5.91 Å². The summed E-state index contributed by atoms with van der Waals surface area (Å²) in [6.45, 7) is 3.71. The maximum absolute atomic E-state index is 12.5. The van der Waals surface area contributed by atoms with Gasteiger partial charge in [0.1, 0.15) is 10.3 Å². The van der Waals surface area contributed by atoms with E-state index in [2.05, 4.69) is 5.32 Å². The van der Waals surface area contributed by atoms with Crippen molar-refractivity contribution in [1.82, 2.24) is 9.62 Å². The SMILES string of the molecule is CCOCCNC(=O)C1CCCN1S(=O)(=O)c1cccs1. The Morgan fingerprint density at radius 2 is 2.38 bits per heavy atom. The molecule has 118 valence electrons. The third-order valence-electron chi connectivity index (χ3n) is 3.31. The van der Waals surface area contributed by atoms with E-state index in [1.54, 1.807) is 17.5 Å². The summed E-state index contributed by atoms with van der Waals surface area (Å²) in [4.78, 5) is 12.2. The summed E-state index contributed by atoms with van der Waals surface area (Å²) in [6, 6.07) is 2.66. The molecule has 21 heavy (non-hydrogen) atoms. The molecule has 0 radical (unpaired) electrons. The minimum atomic E-state index is -3.57. The fraction of sp³-hybridized carbons (Fsp3) is 0.615. The maximum atomic E-state index is 12.5. The Hall–Kier alpha value is -0.960. The molecule has 1 unspecified atom stereocenters. The summed E-state index contributed by atoms with van der Waals surface area (Å²) < 4.78 is 31.8. The van der Waals surface area contributed by atoms with E-state index in [0.717, 1.165) is 0 Å². The Morgan fingerprint density at radius 3 is 3.05 bits per heavy atom. The zero-order valence-corrected chi connectivity index (χ0v) is 13.6. The van der Waals surface area contributed by atoms with Crippen molar-refractivity contribution < 1.29 is 17.9 Å². The number of carbonyl (C=O) groups excluding carboxylic acids is 1. The molecule has 1 aromatic heterocycles. The molecule has 8 heteroatoms. The van der Waals surface area contributed by atoms with E-state index in [9.17, 15) is 13.2 Å². The molecule has 0 spiro atoms. The summed E-state index contributed by atoms with van der Waals surface area (Å²) >= 11 is 1.17. The smallest absolute Gasteiger partial charge is 0.253 e. The number of amides is 1. The van der Waals surface area contributed by atoms with Gasteiger partial charge >= 0.3 is 0 Å². The molecule has 2 rings (SSSR count). The molecule has 0 bridgehead atoms. The van der Waals surface area contributed by atoms with Crippen LogP contribution in [0.4, 0.5) is 0 Å². The highest BCUT2D eigenvalue weighted by atomic mass is 32.2. The summed E-state index contributed by atoms with van der Waals surface area (Å²) in [5, 5.41) is 4.46. The lowest BCUT2D eigenvalue weighted by Gasteiger charge is -2.22. The van der Waals surface area contributed by atoms with Crippen LogP contribution in [-0.4, -0.2) is 51.0 Å². The first kappa shape index (κ1) is 16.4. The quantitative estimate of drug-likeness (QED) is 0.758. The molecule has 1 atom stereocenters. The number of sulfonamides is 1. The van der Waals surface area contributed by atoms with Crippen LogP contribution in [0.15, 0.2) is 21.7 Å². The number of hydrogen-bond acceptors (Lipinski definition) is 5. The van der Waals surface area contributed by atoms with E-state index in [0.29, 0.717) is 39.1 Å². The summed E-state index contributed by atoms with van der Waals surface area (Å²) in [7, 11) is -3.57. The minimum absolute atomic E-state index is 0.243. The Morgan fingerprint density at radius 1 is 1.57 bits per heavy atom. The Kier molecular flexibility index (Phi) is 5.74. The van der Waals surface area contributed by atoms with Crippen LogP contribution >= 0.6 is 11.3 Å². The fourth-order valence-electron chi connectivity index (χ4n) is 2.32. The standard InChI is InChI=1S/C13H20N2O4S2/c1-2-19-9-7-14-13(16)11-5-3-8-15(11)21(17,18)12-6-4-10-20-12/h4,6,10-11H,2-3,5,7-9H2,1H3,(H,14,16). The number of carbonyl (C=O) groups is 1. The van der Waals surface area contributed by atoms with Gasteiger partial charge in [-0.1, -0.05) is 6.07 Å². The van der Waals surface area contributed by atoms with E-state index in [4.69, 9.17) is 4.74 Å². The van der Waals surface area contributed by atoms with Gasteiger partial charge in [-0.05, 0) is 31.2 Å². The number of hydrogen-bond donors (Lipinski definition) is 1. The van der Waals surface area contributed by atoms with Crippen molar-refractivity contribution in [3.63, 3.8) is 0 Å². The molecule has 1 aromatic rings. The van der Waals surface area contributed by atoms with Crippen molar-refractivity contribution in [3.8, 4) is 0 Å². The second kappa shape index (κ2) is 7.35. The van der Waals surface area contributed by atoms with E-state index >= 15 is 0 Å². The summed E-state index contributed by atoms with van der Waals surface area (Å²) in [5.41, 5.74) is 0. The van der Waals surface area contributed by atoms with E-state index in [-0.39, 0.29) is 10.1 Å². The summed E-state index contributed by atoms with van der Waals surface area (Å²) in [6.07, 6.45) is 1.26. The molecule has 6 nitrogen and oxygen atoms in total. The third-order valence-corrected chi connectivity index (χ3v) is 6.60. The van der Waals surface area contributed by atoms with Crippen LogP contribution in [0.25, 0.3) is 0 Å². The lowest BCUT2D eigenvalue weighted by molar-refractivity contribution is -0.124. The second-order valence-electron chi connectivity index (χ2n) is 4.69. The predicted octanol–water partition coefficient (Wildman–Crippen LogP) is 1.05. The van der Waals surface area contributed by atoms with E-state index < -0.39 is 16.1 Å². The van der Waals surface area contributed by atoms with Crippen LogP contribution < -0.4 is 5.32 Å². The molecule has 0 aliphatic carbocycles. The molecular weight excluding hydrogens is 312 g/mol. The molecule has 2 heterocycles. The van der Waals surface area contributed by atoms with Crippen molar-refractivity contribution in [1.29, 1.82) is 0 Å². The first-order chi connectivity index (χ1) is 10.1. The van der Waals surface area contributed by atoms with Crippen LogP contribution in [0.5, 0.6) is 0 Å². The molecule has 1 aliphatic heterocycles. The predicted molar refractivity (Wildman–Crippen MR) is 80.7 cm³/mol. The van der Waals surface area contributed by atoms with Crippen LogP contribution in [0.3, 0.4) is 0 Å². The monoisotopic (exact) mass is 332 g/mol. The maximum Gasteiger partial charge on any atom is 0.253 e. The number of thiophene rings is 1. The molecule has 1 amide bonds. The van der Waals surface area contributed by atoms with Crippen molar-refractivity contribution in [2.75, 3.05) is 26.3 Å². The van der Waals surface area contributed by atoms with E-state index in [1.165, 1.54) is 15.6 Å². The molecular formula is C13H20N2O4S2. The van der Waals surface area contributed by atoms with Crippen molar-refractivity contribution in [2.45, 2.75) is 30.0 Å². The van der Waals surface area contributed by atoms with Gasteiger partial charge in [0.25, 0.3) is 10.0 Å².